The molecule has 1 aliphatic rings. The molecule has 5 nitrogen and oxygen atoms in total. The van der Waals surface area contributed by atoms with E-state index in [0.29, 0.717) is 11.1 Å². The SMILES string of the molecule is CN=C(NCCc1ccccc1C)NC1CCN(c2ncccc2Cl)C1. The molecule has 2 N–H and O–H groups in total. The van der Waals surface area contributed by atoms with Crippen LogP contribution in [0.2, 0.25) is 5.02 Å². The third-order valence-electron chi connectivity index (χ3n) is 4.74. The van der Waals surface area contributed by atoms with Gasteiger partial charge in [-0.05, 0) is 43.0 Å². The van der Waals surface area contributed by atoms with Gasteiger partial charge in [-0.1, -0.05) is 35.9 Å². The maximum atomic E-state index is 6.26. The first-order chi connectivity index (χ1) is 12.7. The predicted octanol–water partition coefficient (Wildman–Crippen LogP) is 3.03. The first-order valence-electron chi connectivity index (χ1n) is 9.04. The summed E-state index contributed by atoms with van der Waals surface area (Å²) in [4.78, 5) is 11.0. The number of rotatable bonds is 5. The predicted molar refractivity (Wildman–Crippen MR) is 109 cm³/mol. The van der Waals surface area contributed by atoms with Crippen LogP contribution in [0, 0.1) is 6.92 Å². The van der Waals surface area contributed by atoms with Gasteiger partial charge in [0.25, 0.3) is 0 Å². The summed E-state index contributed by atoms with van der Waals surface area (Å²) in [5, 5.41) is 7.63. The summed E-state index contributed by atoms with van der Waals surface area (Å²) in [7, 11) is 1.81. The van der Waals surface area contributed by atoms with Gasteiger partial charge in [0, 0.05) is 38.9 Å². The lowest BCUT2D eigenvalue weighted by molar-refractivity contribution is 0.648. The quantitative estimate of drug-likeness (QED) is 0.626. The van der Waals surface area contributed by atoms with Crippen molar-refractivity contribution in [2.45, 2.75) is 25.8 Å². The number of aryl methyl sites for hydroxylation is 1. The minimum absolute atomic E-state index is 0.331. The molecule has 1 saturated heterocycles. The number of benzene rings is 1. The Morgan fingerprint density at radius 3 is 2.92 bits per heavy atom. The average Bonchev–Trinajstić information content (AvgIpc) is 3.11. The standard InChI is InChI=1S/C20H26ClN5/c1-15-6-3-4-7-16(15)9-12-24-20(22-2)25-17-10-13-26(14-17)19-18(21)8-5-11-23-19/h3-8,11,17H,9-10,12-14H2,1-2H3,(H2,22,24,25). The zero-order valence-corrected chi connectivity index (χ0v) is 16.1. The molecule has 0 saturated carbocycles. The van der Waals surface area contributed by atoms with Crippen molar-refractivity contribution >= 4 is 23.4 Å². The number of anilines is 1. The number of hydrogen-bond acceptors (Lipinski definition) is 3. The molecule has 1 atom stereocenters. The van der Waals surface area contributed by atoms with E-state index in [1.54, 1.807) is 6.20 Å². The normalized spacial score (nSPS) is 17.4. The van der Waals surface area contributed by atoms with Gasteiger partial charge in [-0.25, -0.2) is 4.98 Å². The molecule has 0 bridgehead atoms. The molecule has 2 aromatic rings. The van der Waals surface area contributed by atoms with Crippen molar-refractivity contribution in [2.75, 3.05) is 31.6 Å². The van der Waals surface area contributed by atoms with Crippen LogP contribution < -0.4 is 15.5 Å². The minimum Gasteiger partial charge on any atom is -0.356 e. The number of aromatic nitrogens is 1. The lowest BCUT2D eigenvalue weighted by Gasteiger charge is -2.20. The first kappa shape index (κ1) is 18.5. The van der Waals surface area contributed by atoms with Crippen LogP contribution in [-0.2, 0) is 6.42 Å². The van der Waals surface area contributed by atoms with Crippen LogP contribution in [0.5, 0.6) is 0 Å². The van der Waals surface area contributed by atoms with Gasteiger partial charge >= 0.3 is 0 Å². The number of aliphatic imine (C=N–C) groups is 1. The average molecular weight is 372 g/mol. The Labute approximate surface area is 160 Å². The molecule has 0 radical (unpaired) electrons. The van der Waals surface area contributed by atoms with Crippen molar-refractivity contribution in [2.24, 2.45) is 4.99 Å². The highest BCUT2D eigenvalue weighted by Gasteiger charge is 2.25. The van der Waals surface area contributed by atoms with E-state index in [9.17, 15) is 0 Å². The molecule has 1 unspecified atom stereocenters. The van der Waals surface area contributed by atoms with E-state index in [2.05, 4.69) is 56.7 Å². The van der Waals surface area contributed by atoms with Crippen LogP contribution >= 0.6 is 11.6 Å². The van der Waals surface area contributed by atoms with Crippen molar-refractivity contribution in [3.63, 3.8) is 0 Å². The van der Waals surface area contributed by atoms with E-state index in [1.807, 2.05) is 19.2 Å². The third-order valence-corrected chi connectivity index (χ3v) is 5.03. The number of nitrogens with one attached hydrogen (secondary N) is 2. The Balaban J connectivity index is 1.48. The number of hydrogen-bond donors (Lipinski definition) is 2. The van der Waals surface area contributed by atoms with Gasteiger partial charge in [0.15, 0.2) is 5.96 Å². The molecule has 1 aromatic carbocycles. The summed E-state index contributed by atoms with van der Waals surface area (Å²) in [6.07, 6.45) is 3.80. The molecule has 0 amide bonds. The summed E-state index contributed by atoms with van der Waals surface area (Å²) in [5.41, 5.74) is 2.70. The molecule has 0 aliphatic carbocycles. The minimum atomic E-state index is 0.331. The van der Waals surface area contributed by atoms with E-state index in [0.717, 1.165) is 44.3 Å². The van der Waals surface area contributed by atoms with Crippen LogP contribution in [0.4, 0.5) is 5.82 Å². The Bertz CT molecular complexity index is 761. The highest BCUT2D eigenvalue weighted by Crippen LogP contribution is 2.25. The molecule has 1 aromatic heterocycles. The second-order valence-corrected chi connectivity index (χ2v) is 6.97. The lowest BCUT2D eigenvalue weighted by Crippen LogP contribution is -2.45. The van der Waals surface area contributed by atoms with Crippen molar-refractivity contribution in [3.05, 3.63) is 58.7 Å². The summed E-state index contributed by atoms with van der Waals surface area (Å²) < 4.78 is 0. The smallest absolute Gasteiger partial charge is 0.191 e. The topological polar surface area (TPSA) is 52.6 Å². The highest BCUT2D eigenvalue weighted by atomic mass is 35.5. The zero-order valence-electron chi connectivity index (χ0n) is 15.4. The Morgan fingerprint density at radius 1 is 1.31 bits per heavy atom. The molecule has 26 heavy (non-hydrogen) atoms. The summed E-state index contributed by atoms with van der Waals surface area (Å²) >= 11 is 6.26. The fraction of sp³-hybridized carbons (Fsp3) is 0.400. The Hall–Kier alpha value is -2.27. The van der Waals surface area contributed by atoms with Gasteiger partial charge in [0.2, 0.25) is 0 Å². The molecular formula is C20H26ClN5. The van der Waals surface area contributed by atoms with Crippen LogP contribution in [-0.4, -0.2) is 43.7 Å². The van der Waals surface area contributed by atoms with Crippen LogP contribution in [0.1, 0.15) is 17.5 Å². The van der Waals surface area contributed by atoms with Crippen molar-refractivity contribution < 1.29 is 0 Å². The molecule has 0 spiro atoms. The van der Waals surface area contributed by atoms with E-state index in [4.69, 9.17) is 11.6 Å². The molecule has 1 aliphatic heterocycles. The number of guanidine groups is 1. The van der Waals surface area contributed by atoms with Gasteiger partial charge in [-0.2, -0.15) is 0 Å². The van der Waals surface area contributed by atoms with Gasteiger partial charge in [-0.3, -0.25) is 4.99 Å². The fourth-order valence-corrected chi connectivity index (χ4v) is 3.52. The zero-order chi connectivity index (χ0) is 18.4. The summed E-state index contributed by atoms with van der Waals surface area (Å²) in [6, 6.07) is 12.6. The maximum Gasteiger partial charge on any atom is 0.191 e. The van der Waals surface area contributed by atoms with Crippen molar-refractivity contribution in [3.8, 4) is 0 Å². The number of halogens is 1. The third kappa shape index (κ3) is 4.67. The molecular weight excluding hydrogens is 346 g/mol. The van der Waals surface area contributed by atoms with E-state index < -0.39 is 0 Å². The monoisotopic (exact) mass is 371 g/mol. The Kier molecular flexibility index (Phi) is 6.34. The fourth-order valence-electron chi connectivity index (χ4n) is 3.27. The second kappa shape index (κ2) is 8.90. The lowest BCUT2D eigenvalue weighted by atomic mass is 10.1. The van der Waals surface area contributed by atoms with Crippen LogP contribution in [0.3, 0.4) is 0 Å². The van der Waals surface area contributed by atoms with Crippen molar-refractivity contribution in [1.29, 1.82) is 0 Å². The van der Waals surface area contributed by atoms with Crippen molar-refractivity contribution in [1.82, 2.24) is 15.6 Å². The molecule has 1 fully saturated rings. The van der Waals surface area contributed by atoms with Gasteiger partial charge in [0.1, 0.15) is 5.82 Å². The summed E-state index contributed by atoms with van der Waals surface area (Å²) in [6.45, 7) is 4.81. The van der Waals surface area contributed by atoms with Crippen LogP contribution in [0.15, 0.2) is 47.6 Å². The second-order valence-electron chi connectivity index (χ2n) is 6.56. The molecule has 2 heterocycles. The highest BCUT2D eigenvalue weighted by molar-refractivity contribution is 6.32. The van der Waals surface area contributed by atoms with Gasteiger partial charge in [-0.15, -0.1) is 0 Å². The number of pyridine rings is 1. The maximum absolute atomic E-state index is 6.26. The Morgan fingerprint density at radius 2 is 2.15 bits per heavy atom. The van der Waals surface area contributed by atoms with E-state index in [1.165, 1.54) is 11.1 Å². The largest absolute Gasteiger partial charge is 0.356 e. The number of nitrogens with zero attached hydrogens (tertiary/aromatic N) is 3. The first-order valence-corrected chi connectivity index (χ1v) is 9.42. The van der Waals surface area contributed by atoms with Gasteiger partial charge in [0.05, 0.1) is 5.02 Å². The molecule has 3 rings (SSSR count). The molecule has 138 valence electrons. The van der Waals surface area contributed by atoms with E-state index in [-0.39, 0.29) is 0 Å². The van der Waals surface area contributed by atoms with E-state index >= 15 is 0 Å². The summed E-state index contributed by atoms with van der Waals surface area (Å²) in [5.74, 6) is 1.71. The van der Waals surface area contributed by atoms with Crippen LogP contribution in [0.25, 0.3) is 0 Å². The van der Waals surface area contributed by atoms with Gasteiger partial charge < -0.3 is 15.5 Å². The molecule has 6 heteroatoms.